The van der Waals surface area contributed by atoms with E-state index in [1.165, 1.54) is 36.4 Å². The van der Waals surface area contributed by atoms with E-state index in [1.807, 2.05) is 0 Å². The molecule has 122 valence electrons. The number of ether oxygens (including phenoxy) is 1. The molecule has 0 saturated carbocycles. The molecule has 0 heterocycles. The number of benzene rings is 2. The van der Waals surface area contributed by atoms with Crippen LogP contribution in [0, 0.1) is 0 Å². The van der Waals surface area contributed by atoms with Crippen molar-refractivity contribution in [3.05, 3.63) is 52.0 Å². The lowest BCUT2D eigenvalue weighted by atomic mass is 10.2. The largest absolute Gasteiger partial charge is 0.490 e. The van der Waals surface area contributed by atoms with E-state index in [1.54, 1.807) is 6.92 Å². The summed E-state index contributed by atoms with van der Waals surface area (Å²) < 4.78 is 35.1. The minimum atomic E-state index is -4.12. The fraction of sp³-hybridized carbons (Fsp3) is 0.133. The Kier molecular flexibility index (Phi) is 5.51. The molecular weight excluding hydrogens is 363 g/mol. The first-order valence-corrected chi connectivity index (χ1v) is 8.65. The summed E-state index contributed by atoms with van der Waals surface area (Å²) in [5.74, 6) is -0.103. The van der Waals surface area contributed by atoms with Crippen molar-refractivity contribution < 1.29 is 22.1 Å². The maximum absolute atomic E-state index is 12.3. The van der Waals surface area contributed by atoms with Gasteiger partial charge in [0, 0.05) is 10.6 Å². The van der Waals surface area contributed by atoms with E-state index in [-0.39, 0.29) is 33.6 Å². The van der Waals surface area contributed by atoms with Gasteiger partial charge >= 0.3 is 10.1 Å². The zero-order valence-electron chi connectivity index (χ0n) is 12.0. The Bertz CT molecular complexity index is 817. The van der Waals surface area contributed by atoms with Crippen LogP contribution in [0.25, 0.3) is 0 Å². The lowest BCUT2D eigenvalue weighted by molar-refractivity contribution is 0.112. The van der Waals surface area contributed by atoms with Gasteiger partial charge < -0.3 is 8.92 Å². The Hall–Kier alpha value is -1.76. The van der Waals surface area contributed by atoms with Crippen molar-refractivity contribution in [2.24, 2.45) is 0 Å². The van der Waals surface area contributed by atoms with Gasteiger partial charge in [-0.25, -0.2) is 0 Å². The van der Waals surface area contributed by atoms with E-state index >= 15 is 0 Å². The molecule has 23 heavy (non-hydrogen) atoms. The highest BCUT2D eigenvalue weighted by Gasteiger charge is 2.22. The molecule has 0 radical (unpaired) electrons. The Morgan fingerprint density at radius 2 is 1.78 bits per heavy atom. The fourth-order valence-corrected chi connectivity index (χ4v) is 3.15. The first kappa shape index (κ1) is 17.6. The molecule has 0 atom stereocenters. The summed E-state index contributed by atoms with van der Waals surface area (Å²) in [6.45, 7) is 1.95. The molecule has 2 aromatic carbocycles. The SMILES string of the molecule is CCOc1cc(C=O)cc(Cl)c1OS(=O)(=O)c1ccc(Cl)cc1. The molecule has 0 unspecified atom stereocenters. The van der Waals surface area contributed by atoms with Crippen molar-refractivity contribution >= 4 is 39.6 Å². The predicted molar refractivity (Wildman–Crippen MR) is 87.3 cm³/mol. The Balaban J connectivity index is 2.45. The lowest BCUT2D eigenvalue weighted by Crippen LogP contribution is -2.11. The molecule has 0 aromatic heterocycles. The third-order valence-electron chi connectivity index (χ3n) is 2.76. The molecule has 0 aliphatic heterocycles. The van der Waals surface area contributed by atoms with Crippen LogP contribution in [-0.2, 0) is 10.1 Å². The van der Waals surface area contributed by atoms with Gasteiger partial charge in [-0.1, -0.05) is 23.2 Å². The predicted octanol–water partition coefficient (Wildman–Crippen LogP) is 3.97. The highest BCUT2D eigenvalue weighted by atomic mass is 35.5. The average Bonchev–Trinajstić information content (AvgIpc) is 2.51. The van der Waals surface area contributed by atoms with Gasteiger partial charge in [-0.15, -0.1) is 0 Å². The van der Waals surface area contributed by atoms with Crippen LogP contribution in [0.4, 0.5) is 0 Å². The fourth-order valence-electron chi connectivity index (χ4n) is 1.76. The van der Waals surface area contributed by atoms with E-state index in [2.05, 4.69) is 0 Å². The van der Waals surface area contributed by atoms with Gasteiger partial charge in [0.25, 0.3) is 0 Å². The maximum atomic E-state index is 12.3. The molecule has 0 spiro atoms. The van der Waals surface area contributed by atoms with E-state index in [4.69, 9.17) is 32.1 Å². The Morgan fingerprint density at radius 1 is 1.13 bits per heavy atom. The summed E-state index contributed by atoms with van der Waals surface area (Å²) in [5.41, 5.74) is 0.245. The van der Waals surface area contributed by atoms with Crippen LogP contribution < -0.4 is 8.92 Å². The van der Waals surface area contributed by atoms with Crippen LogP contribution in [0.15, 0.2) is 41.3 Å². The molecule has 8 heteroatoms. The molecule has 0 fully saturated rings. The Labute approximate surface area is 143 Å². The third-order valence-corrected chi connectivity index (χ3v) is 4.53. The van der Waals surface area contributed by atoms with Gasteiger partial charge in [0.1, 0.15) is 11.2 Å². The van der Waals surface area contributed by atoms with Gasteiger partial charge in [0.15, 0.2) is 5.75 Å². The lowest BCUT2D eigenvalue weighted by Gasteiger charge is -2.14. The number of carbonyl (C=O) groups is 1. The van der Waals surface area contributed by atoms with Gasteiger partial charge in [0.05, 0.1) is 11.6 Å². The number of carbonyl (C=O) groups excluding carboxylic acids is 1. The van der Waals surface area contributed by atoms with Crippen molar-refractivity contribution in [2.75, 3.05) is 6.61 Å². The molecule has 0 N–H and O–H groups in total. The smallest absolute Gasteiger partial charge is 0.339 e. The molecule has 5 nitrogen and oxygen atoms in total. The number of rotatable bonds is 6. The Morgan fingerprint density at radius 3 is 2.35 bits per heavy atom. The molecule has 0 amide bonds. The number of aldehydes is 1. The molecule has 0 saturated heterocycles. The summed E-state index contributed by atoms with van der Waals surface area (Å²) in [4.78, 5) is 10.8. The topological polar surface area (TPSA) is 69.7 Å². The zero-order valence-corrected chi connectivity index (χ0v) is 14.3. The molecule has 2 aromatic rings. The maximum Gasteiger partial charge on any atom is 0.339 e. The second kappa shape index (κ2) is 7.21. The average molecular weight is 375 g/mol. The number of hydrogen-bond donors (Lipinski definition) is 0. The van der Waals surface area contributed by atoms with Gasteiger partial charge in [-0.3, -0.25) is 4.79 Å². The highest BCUT2D eigenvalue weighted by molar-refractivity contribution is 7.87. The first-order chi connectivity index (χ1) is 10.9. The number of hydrogen-bond acceptors (Lipinski definition) is 5. The monoisotopic (exact) mass is 374 g/mol. The molecular formula is C15H12Cl2O5S. The summed E-state index contributed by atoms with van der Waals surface area (Å²) in [7, 11) is -4.12. The molecule has 0 aliphatic carbocycles. The van der Waals surface area contributed by atoms with Crippen LogP contribution >= 0.6 is 23.2 Å². The van der Waals surface area contributed by atoms with Crippen molar-refractivity contribution in [1.29, 1.82) is 0 Å². The number of halogens is 2. The van der Waals surface area contributed by atoms with Crippen LogP contribution in [0.3, 0.4) is 0 Å². The van der Waals surface area contributed by atoms with Crippen molar-refractivity contribution in [1.82, 2.24) is 0 Å². The molecule has 0 aliphatic rings. The van der Waals surface area contributed by atoms with E-state index in [0.717, 1.165) is 0 Å². The van der Waals surface area contributed by atoms with E-state index in [9.17, 15) is 13.2 Å². The van der Waals surface area contributed by atoms with Crippen LogP contribution in [0.2, 0.25) is 10.0 Å². The van der Waals surface area contributed by atoms with Gasteiger partial charge in [-0.2, -0.15) is 8.42 Å². The van der Waals surface area contributed by atoms with E-state index in [0.29, 0.717) is 11.3 Å². The minimum Gasteiger partial charge on any atom is -0.490 e. The minimum absolute atomic E-state index is 0.0458. The van der Waals surface area contributed by atoms with Crippen LogP contribution in [0.1, 0.15) is 17.3 Å². The van der Waals surface area contributed by atoms with E-state index < -0.39 is 10.1 Å². The third kappa shape index (κ3) is 4.16. The van der Waals surface area contributed by atoms with Crippen molar-refractivity contribution in [2.45, 2.75) is 11.8 Å². The summed E-state index contributed by atoms with van der Waals surface area (Å²) in [6, 6.07) is 8.13. The first-order valence-electron chi connectivity index (χ1n) is 6.49. The van der Waals surface area contributed by atoms with Gasteiger partial charge in [0.2, 0.25) is 5.75 Å². The van der Waals surface area contributed by atoms with Crippen molar-refractivity contribution in [3.8, 4) is 11.5 Å². The zero-order chi connectivity index (χ0) is 17.0. The quantitative estimate of drug-likeness (QED) is 0.564. The van der Waals surface area contributed by atoms with Crippen molar-refractivity contribution in [3.63, 3.8) is 0 Å². The second-order valence-electron chi connectivity index (χ2n) is 4.37. The summed E-state index contributed by atoms with van der Waals surface area (Å²) >= 11 is 11.8. The second-order valence-corrected chi connectivity index (χ2v) is 6.76. The highest BCUT2D eigenvalue weighted by Crippen LogP contribution is 2.38. The van der Waals surface area contributed by atoms with Crippen LogP contribution in [0.5, 0.6) is 11.5 Å². The van der Waals surface area contributed by atoms with Gasteiger partial charge in [-0.05, 0) is 43.3 Å². The summed E-state index contributed by atoms with van der Waals surface area (Å²) in [6.07, 6.45) is 0.575. The molecule has 2 rings (SSSR count). The molecule has 0 bridgehead atoms. The summed E-state index contributed by atoms with van der Waals surface area (Å²) in [5, 5.41) is 0.350. The normalized spacial score (nSPS) is 11.1. The van der Waals surface area contributed by atoms with Crippen LogP contribution in [-0.4, -0.2) is 21.3 Å². The standard InChI is InChI=1S/C15H12Cl2O5S/c1-2-21-14-8-10(9-18)7-13(17)15(14)22-23(19,20)12-5-3-11(16)4-6-12/h3-9H,2H2,1H3.